The maximum atomic E-state index is 9.96. The van der Waals surface area contributed by atoms with Crippen molar-refractivity contribution >= 4 is 71.9 Å². The van der Waals surface area contributed by atoms with E-state index in [0.717, 1.165) is 14.2 Å². The Kier molecular flexibility index (Phi) is 117. The molecule has 0 aromatic heterocycles. The van der Waals surface area contributed by atoms with Crippen LogP contribution in [0.4, 0.5) is 14.4 Å². The van der Waals surface area contributed by atoms with Crippen LogP contribution in [0.5, 0.6) is 0 Å². The molecule has 0 saturated carbocycles. The molecule has 0 atom stereocenters. The van der Waals surface area contributed by atoms with Crippen molar-refractivity contribution in [3.05, 3.63) is 0 Å². The molecule has 4 amide bonds. The second-order valence-electron chi connectivity index (χ2n) is 6.92. The lowest BCUT2D eigenvalue weighted by Gasteiger charge is -1.91. The summed E-state index contributed by atoms with van der Waals surface area (Å²) in [5, 5.41) is 12.1. The summed E-state index contributed by atoms with van der Waals surface area (Å²) >= 11 is 0.216. The van der Waals surface area contributed by atoms with Crippen molar-refractivity contribution < 1.29 is 90.6 Å². The fourth-order valence-corrected chi connectivity index (χ4v) is 0.942. The van der Waals surface area contributed by atoms with Crippen molar-refractivity contribution in [2.45, 2.75) is 13.8 Å². The van der Waals surface area contributed by atoms with Crippen molar-refractivity contribution in [1.82, 2.24) is 26.6 Å². The molecular formula is C27H71N5O20PS3+. The van der Waals surface area contributed by atoms with Gasteiger partial charge in [0.1, 0.15) is 0 Å². The van der Waals surface area contributed by atoms with Gasteiger partial charge in [0, 0.05) is 60.8 Å². The summed E-state index contributed by atoms with van der Waals surface area (Å²) in [6, 6.07) is -0.157. The molecular weight excluding hydrogens is 841 g/mol. The van der Waals surface area contributed by atoms with Gasteiger partial charge >= 0.3 is 54.3 Å². The summed E-state index contributed by atoms with van der Waals surface area (Å²) in [5.74, 6) is -0.241. The van der Waals surface area contributed by atoms with Gasteiger partial charge in [-0.25, -0.2) is 14.4 Å². The first-order valence-corrected chi connectivity index (χ1v) is 19.3. The highest BCUT2D eigenvalue weighted by Crippen LogP contribution is 2.18. The Hall–Kier alpha value is -3.02. The molecule has 56 heavy (non-hydrogen) atoms. The van der Waals surface area contributed by atoms with Crippen LogP contribution >= 0.6 is 20.0 Å². The molecule has 0 saturated heterocycles. The van der Waals surface area contributed by atoms with Crippen LogP contribution in [0.3, 0.4) is 0 Å². The van der Waals surface area contributed by atoms with E-state index >= 15 is 0 Å². The highest BCUT2D eigenvalue weighted by Gasteiger charge is 2.10. The number of nitrogens with one attached hydrogen (secondary N) is 5. The summed E-state index contributed by atoms with van der Waals surface area (Å²) in [4.78, 5) is 48.8. The molecule has 0 bridgehead atoms. The summed E-state index contributed by atoms with van der Waals surface area (Å²) in [7, 11) is 20.2. The second-order valence-corrected chi connectivity index (χ2v) is 11.5. The molecule has 0 fully saturated rings. The van der Waals surface area contributed by atoms with Gasteiger partial charge in [-0.05, 0) is 26.6 Å². The van der Waals surface area contributed by atoms with E-state index in [4.69, 9.17) is 0 Å². The van der Waals surface area contributed by atoms with Gasteiger partial charge in [0.15, 0.2) is 0 Å². The maximum Gasteiger partial charge on any atom is 0.696 e. The first-order valence-electron chi connectivity index (χ1n) is 14.3. The number of carbonyl (C=O) groups is 5. The molecule has 25 nitrogen and oxygen atoms in total. The molecule has 29 heteroatoms. The Bertz CT molecular complexity index is 807. The topological polar surface area (TPSA) is 315 Å². The molecule has 0 aliphatic rings. The Balaban J connectivity index is -0.0000000446. The highest BCUT2D eigenvalue weighted by atomic mass is 32.3. The van der Waals surface area contributed by atoms with Crippen LogP contribution in [-0.2, 0) is 85.4 Å². The molecule has 0 rings (SSSR count). The lowest BCUT2D eigenvalue weighted by molar-refractivity contribution is -0.138. The van der Waals surface area contributed by atoms with Gasteiger partial charge in [0.25, 0.3) is 0 Å². The molecule has 0 aromatic rings. The first-order chi connectivity index (χ1) is 25.9. The van der Waals surface area contributed by atoms with Crippen LogP contribution < -0.4 is 26.6 Å². The third-order valence-electron chi connectivity index (χ3n) is 2.80. The normalized spacial score (nSPS) is 7.84. The molecule has 5 N–H and O–H groups in total. The lowest BCUT2D eigenvalue weighted by Crippen LogP contribution is -2.28. The SMILES string of the molecule is CNC.CNC(=O)NC.CNC(=O)OC.CNC(C)=O.COC.COC(=O)OC.COC(C)=O.COS(=O)(=O)OC.COS(=O)OC.CO[P+](=O)OC.CSC. The van der Waals surface area contributed by atoms with Crippen LogP contribution in [0, 0.1) is 0 Å². The largest absolute Gasteiger partial charge is 0.696 e. The minimum Gasteiger partial charge on any atom is -0.469 e. The molecule has 0 heterocycles. The van der Waals surface area contributed by atoms with Crippen molar-refractivity contribution in [2.75, 3.05) is 140 Å². The average Bonchev–Trinajstić information content (AvgIpc) is 3.21. The van der Waals surface area contributed by atoms with Crippen LogP contribution in [-0.4, -0.2) is 183 Å². The second kappa shape index (κ2) is 80.4. The number of alkyl carbamates (subject to hydrolysis) is 1. The number of urea groups is 1. The number of hydrogen-bond acceptors (Lipinski definition) is 22. The fourth-order valence-electron chi connectivity index (χ4n) is 0.521. The Morgan fingerprint density at radius 3 is 0.857 bits per heavy atom. The van der Waals surface area contributed by atoms with Gasteiger partial charge in [0.05, 0.1) is 71.1 Å². The first kappa shape index (κ1) is 81.2. The van der Waals surface area contributed by atoms with Gasteiger partial charge in [-0.2, -0.15) is 24.4 Å². The van der Waals surface area contributed by atoms with Gasteiger partial charge in [0.2, 0.25) is 5.91 Å². The summed E-state index contributed by atoms with van der Waals surface area (Å²) in [6.07, 6.45) is 3.02. The van der Waals surface area contributed by atoms with Gasteiger partial charge in [-0.15, -0.1) is 9.05 Å². The van der Waals surface area contributed by atoms with Crippen molar-refractivity contribution in [2.24, 2.45) is 0 Å². The molecule has 0 aromatic carbocycles. The molecule has 0 aliphatic carbocycles. The number of esters is 1. The smallest absolute Gasteiger partial charge is 0.469 e. The van der Waals surface area contributed by atoms with Crippen molar-refractivity contribution in [1.29, 1.82) is 0 Å². The quantitative estimate of drug-likeness (QED) is 0.142. The van der Waals surface area contributed by atoms with Crippen LogP contribution in [0.15, 0.2) is 0 Å². The number of hydrogen-bond donors (Lipinski definition) is 5. The average molecular weight is 913 g/mol. The van der Waals surface area contributed by atoms with E-state index in [1.807, 2.05) is 26.6 Å². The maximum absolute atomic E-state index is 9.96. The zero-order valence-corrected chi connectivity index (χ0v) is 40.2. The van der Waals surface area contributed by atoms with Crippen LogP contribution in [0.1, 0.15) is 13.8 Å². The van der Waals surface area contributed by atoms with Gasteiger partial charge in [-0.3, -0.25) is 26.3 Å². The molecule has 0 unspecified atom stereocenters. The van der Waals surface area contributed by atoms with E-state index in [2.05, 4.69) is 76.0 Å². The number of rotatable bonds is 6. The number of amides is 4. The summed E-state index contributed by atoms with van der Waals surface area (Å²) in [5.41, 5.74) is 0. The summed E-state index contributed by atoms with van der Waals surface area (Å²) in [6.45, 7) is 2.83. The predicted molar refractivity (Wildman–Crippen MR) is 216 cm³/mol. The third-order valence-corrected chi connectivity index (χ3v) is 4.75. The van der Waals surface area contributed by atoms with E-state index in [-0.39, 0.29) is 17.9 Å². The Labute approximate surface area is 342 Å². The van der Waals surface area contributed by atoms with Crippen molar-refractivity contribution in [3.8, 4) is 0 Å². The van der Waals surface area contributed by atoms with Crippen molar-refractivity contribution in [3.63, 3.8) is 0 Å². The van der Waals surface area contributed by atoms with E-state index < -0.39 is 42.3 Å². The van der Waals surface area contributed by atoms with Gasteiger partial charge in [-0.1, -0.05) is 0 Å². The standard InChI is InChI=1S/C3H8N2O.C3H7NO2.C3H7NO.C3H6O3.C3H6O2.C2H7N.C2H6O4S.C2H6O3P.C2H6O3S.C2H6O.C2H6S/c1-4-3(6)5-2;1-4-3(5)6-2;1-3(5)4-2;1-5-3(4)6-2;1-3(4)5-2;1-3-2;1-5-7(3,4)6-2;2*1-4-6(3)5-2;2*1-3-2/h1-2H3,(H2,4,5,6);1-2H3,(H,4,5);1-2H3,(H,4,5);1-2H3;1-2H3;3H,1-2H3;1-2H3;2*1-2H3;2*1-2H3/q;;;;;;;+1;;;. The molecule has 0 aliphatic heterocycles. The van der Waals surface area contributed by atoms with E-state index in [0.29, 0.717) is 0 Å². The van der Waals surface area contributed by atoms with E-state index in [9.17, 15) is 41.2 Å². The number of methoxy groups -OCH3 is 5. The summed E-state index contributed by atoms with van der Waals surface area (Å²) < 4.78 is 84.5. The zero-order chi connectivity index (χ0) is 47.6. The van der Waals surface area contributed by atoms with Gasteiger partial charge < -0.3 is 50.3 Å². The van der Waals surface area contributed by atoms with E-state index in [1.165, 1.54) is 77.8 Å². The molecule has 346 valence electrons. The van der Waals surface area contributed by atoms with E-state index in [1.54, 1.807) is 47.1 Å². The van der Waals surface area contributed by atoms with Crippen LogP contribution in [0.2, 0.25) is 0 Å². The number of thioether (sulfide) groups is 1. The third kappa shape index (κ3) is 175. The molecule has 0 spiro atoms. The zero-order valence-electron chi connectivity index (χ0n) is 36.8. The monoisotopic (exact) mass is 912 g/mol. The minimum atomic E-state index is -3.66. The number of carbonyl (C=O) groups excluding carboxylic acids is 5. The Morgan fingerprint density at radius 1 is 0.589 bits per heavy atom. The minimum absolute atomic E-state index is 0.00463. The highest BCUT2D eigenvalue weighted by molar-refractivity contribution is 7.97. The van der Waals surface area contributed by atoms with Crippen LogP contribution in [0.25, 0.3) is 0 Å². The fraction of sp³-hybridized carbons (Fsp3) is 0.815. The predicted octanol–water partition coefficient (Wildman–Crippen LogP) is 1.24. The lowest BCUT2D eigenvalue weighted by atomic mass is 10.7. The number of ether oxygens (including phenoxy) is 5. The molecule has 0 radical (unpaired) electrons. The Morgan fingerprint density at radius 2 is 0.857 bits per heavy atom.